The third-order valence-electron chi connectivity index (χ3n) is 2.67. The number of aromatic nitrogens is 1. The van der Waals surface area contributed by atoms with Crippen molar-refractivity contribution in [2.24, 2.45) is 10.7 Å². The van der Waals surface area contributed by atoms with Crippen LogP contribution in [0.3, 0.4) is 0 Å². The van der Waals surface area contributed by atoms with E-state index in [-0.39, 0.29) is 0 Å². The number of guanidine groups is 1. The van der Waals surface area contributed by atoms with Crippen molar-refractivity contribution in [3.63, 3.8) is 0 Å². The first kappa shape index (κ1) is 15.3. The van der Waals surface area contributed by atoms with E-state index in [1.807, 2.05) is 18.2 Å². The van der Waals surface area contributed by atoms with Gasteiger partial charge in [-0.2, -0.15) is 0 Å². The average Bonchev–Trinajstić information content (AvgIpc) is 2.44. The van der Waals surface area contributed by atoms with Crippen molar-refractivity contribution in [3.05, 3.63) is 24.4 Å². The fourth-order valence-corrected chi connectivity index (χ4v) is 1.57. The van der Waals surface area contributed by atoms with Crippen LogP contribution in [0, 0.1) is 0 Å². The van der Waals surface area contributed by atoms with Crippen LogP contribution in [-0.4, -0.2) is 30.6 Å². The molecular formula is C14H25N5. The van der Waals surface area contributed by atoms with Crippen molar-refractivity contribution in [1.29, 1.82) is 0 Å². The first-order valence-electron chi connectivity index (χ1n) is 7.01. The lowest BCUT2D eigenvalue weighted by atomic mass is 10.3. The van der Waals surface area contributed by atoms with Gasteiger partial charge in [-0.3, -0.25) is 4.99 Å². The summed E-state index contributed by atoms with van der Waals surface area (Å²) in [4.78, 5) is 8.48. The van der Waals surface area contributed by atoms with Crippen LogP contribution in [0.5, 0.6) is 0 Å². The number of unbranched alkanes of at least 4 members (excludes halogenated alkanes) is 2. The van der Waals surface area contributed by atoms with Gasteiger partial charge in [-0.15, -0.1) is 0 Å². The van der Waals surface area contributed by atoms with E-state index < -0.39 is 0 Å². The highest BCUT2D eigenvalue weighted by Crippen LogP contribution is 2.00. The largest absolute Gasteiger partial charge is 0.370 e. The van der Waals surface area contributed by atoms with Gasteiger partial charge in [0.25, 0.3) is 0 Å². The summed E-state index contributed by atoms with van der Waals surface area (Å²) in [5, 5.41) is 6.37. The summed E-state index contributed by atoms with van der Waals surface area (Å²) in [7, 11) is 0. The molecule has 0 spiro atoms. The lowest BCUT2D eigenvalue weighted by molar-refractivity contribution is 0.737. The smallest absolute Gasteiger partial charge is 0.188 e. The Morgan fingerprint density at radius 3 is 2.89 bits per heavy atom. The lowest BCUT2D eigenvalue weighted by Crippen LogP contribution is -2.32. The molecule has 5 nitrogen and oxygen atoms in total. The molecule has 1 rings (SSSR count). The topological polar surface area (TPSA) is 75.3 Å². The summed E-state index contributed by atoms with van der Waals surface area (Å²) in [5.41, 5.74) is 5.73. The SMILES string of the molecule is CCCCNC(N)=NCCCCNc1ccccn1. The Bertz CT molecular complexity index is 350. The van der Waals surface area contributed by atoms with Crippen LogP contribution in [0.2, 0.25) is 0 Å². The molecule has 0 bridgehead atoms. The number of nitrogens with zero attached hydrogens (tertiary/aromatic N) is 2. The summed E-state index contributed by atoms with van der Waals surface area (Å²) in [6.45, 7) is 4.75. The van der Waals surface area contributed by atoms with Crippen LogP contribution in [-0.2, 0) is 0 Å². The molecule has 0 amide bonds. The minimum Gasteiger partial charge on any atom is -0.370 e. The summed E-state index contributed by atoms with van der Waals surface area (Å²) >= 11 is 0. The number of aliphatic imine (C=N–C) groups is 1. The fourth-order valence-electron chi connectivity index (χ4n) is 1.57. The average molecular weight is 263 g/mol. The van der Waals surface area contributed by atoms with Crippen LogP contribution in [0.25, 0.3) is 0 Å². The maximum absolute atomic E-state index is 5.73. The zero-order valence-electron chi connectivity index (χ0n) is 11.7. The molecule has 4 N–H and O–H groups in total. The predicted octanol–water partition coefficient (Wildman–Crippen LogP) is 1.98. The fraction of sp³-hybridized carbons (Fsp3) is 0.571. The molecule has 0 saturated carbocycles. The first-order chi connectivity index (χ1) is 9.33. The second-order valence-corrected chi connectivity index (χ2v) is 4.40. The van der Waals surface area contributed by atoms with Gasteiger partial charge in [-0.05, 0) is 31.4 Å². The second kappa shape index (κ2) is 10.2. The van der Waals surface area contributed by atoms with Crippen LogP contribution >= 0.6 is 0 Å². The van der Waals surface area contributed by atoms with Gasteiger partial charge >= 0.3 is 0 Å². The summed E-state index contributed by atoms with van der Waals surface area (Å²) in [6, 6.07) is 5.85. The van der Waals surface area contributed by atoms with Gasteiger partial charge in [0, 0.05) is 25.8 Å². The Morgan fingerprint density at radius 1 is 1.26 bits per heavy atom. The van der Waals surface area contributed by atoms with E-state index in [9.17, 15) is 0 Å². The molecule has 0 atom stereocenters. The van der Waals surface area contributed by atoms with E-state index in [0.717, 1.165) is 44.7 Å². The predicted molar refractivity (Wildman–Crippen MR) is 81.4 cm³/mol. The van der Waals surface area contributed by atoms with Crippen molar-refractivity contribution in [2.45, 2.75) is 32.6 Å². The van der Waals surface area contributed by atoms with E-state index in [1.165, 1.54) is 6.42 Å². The number of nitrogens with one attached hydrogen (secondary N) is 2. The minimum absolute atomic E-state index is 0.561. The number of anilines is 1. The molecule has 0 aliphatic rings. The molecule has 1 aromatic heterocycles. The zero-order valence-corrected chi connectivity index (χ0v) is 11.7. The molecular weight excluding hydrogens is 238 g/mol. The molecule has 0 aliphatic heterocycles. The Kier molecular flexibility index (Phi) is 8.18. The molecule has 1 aromatic rings. The van der Waals surface area contributed by atoms with Crippen molar-refractivity contribution in [3.8, 4) is 0 Å². The van der Waals surface area contributed by atoms with Crippen molar-refractivity contribution < 1.29 is 0 Å². The summed E-state index contributed by atoms with van der Waals surface area (Å²) < 4.78 is 0. The van der Waals surface area contributed by atoms with Gasteiger partial charge < -0.3 is 16.4 Å². The van der Waals surface area contributed by atoms with Crippen LogP contribution in [0.1, 0.15) is 32.6 Å². The maximum atomic E-state index is 5.73. The van der Waals surface area contributed by atoms with Gasteiger partial charge in [-0.25, -0.2) is 4.98 Å². The Labute approximate surface area is 115 Å². The first-order valence-corrected chi connectivity index (χ1v) is 7.01. The highest BCUT2D eigenvalue weighted by atomic mass is 15.1. The number of nitrogens with two attached hydrogens (primary N) is 1. The van der Waals surface area contributed by atoms with Gasteiger partial charge in [0.1, 0.15) is 5.82 Å². The molecule has 19 heavy (non-hydrogen) atoms. The molecule has 5 heteroatoms. The minimum atomic E-state index is 0.561. The summed E-state index contributed by atoms with van der Waals surface area (Å²) in [5.74, 6) is 1.48. The zero-order chi connectivity index (χ0) is 13.8. The molecule has 0 unspecified atom stereocenters. The molecule has 0 saturated heterocycles. The second-order valence-electron chi connectivity index (χ2n) is 4.40. The van der Waals surface area contributed by atoms with Crippen molar-refractivity contribution in [2.75, 3.05) is 25.0 Å². The van der Waals surface area contributed by atoms with Crippen molar-refractivity contribution in [1.82, 2.24) is 10.3 Å². The summed E-state index contributed by atoms with van der Waals surface area (Å²) in [6.07, 6.45) is 6.16. The molecule has 0 aliphatic carbocycles. The third-order valence-corrected chi connectivity index (χ3v) is 2.67. The van der Waals surface area contributed by atoms with Gasteiger partial charge in [-0.1, -0.05) is 19.4 Å². The molecule has 0 aromatic carbocycles. The van der Waals surface area contributed by atoms with Crippen LogP contribution in [0.15, 0.2) is 29.4 Å². The normalized spacial score (nSPS) is 11.3. The third kappa shape index (κ3) is 8.02. The highest BCUT2D eigenvalue weighted by Gasteiger charge is 1.93. The van der Waals surface area contributed by atoms with Gasteiger partial charge in [0.05, 0.1) is 0 Å². The highest BCUT2D eigenvalue weighted by molar-refractivity contribution is 5.77. The van der Waals surface area contributed by atoms with E-state index in [1.54, 1.807) is 6.20 Å². The number of rotatable bonds is 9. The van der Waals surface area contributed by atoms with Gasteiger partial charge in [0.15, 0.2) is 5.96 Å². The van der Waals surface area contributed by atoms with Crippen LogP contribution in [0.4, 0.5) is 5.82 Å². The monoisotopic (exact) mass is 263 g/mol. The Hall–Kier alpha value is -1.78. The Balaban J connectivity index is 2.00. The number of pyridine rings is 1. The molecule has 0 radical (unpaired) electrons. The van der Waals surface area contributed by atoms with E-state index in [2.05, 4.69) is 27.5 Å². The molecule has 0 fully saturated rings. The quantitative estimate of drug-likeness (QED) is 0.362. The number of hydrogen-bond donors (Lipinski definition) is 3. The van der Waals surface area contributed by atoms with Crippen molar-refractivity contribution >= 4 is 11.8 Å². The van der Waals surface area contributed by atoms with E-state index in [4.69, 9.17) is 5.73 Å². The van der Waals surface area contributed by atoms with E-state index in [0.29, 0.717) is 5.96 Å². The number of hydrogen-bond acceptors (Lipinski definition) is 3. The van der Waals surface area contributed by atoms with Crippen LogP contribution < -0.4 is 16.4 Å². The van der Waals surface area contributed by atoms with E-state index >= 15 is 0 Å². The Morgan fingerprint density at radius 2 is 2.16 bits per heavy atom. The lowest BCUT2D eigenvalue weighted by Gasteiger charge is -2.05. The maximum Gasteiger partial charge on any atom is 0.188 e. The molecule has 106 valence electrons. The van der Waals surface area contributed by atoms with Gasteiger partial charge in [0.2, 0.25) is 0 Å². The standard InChI is InChI=1S/C14H25N5/c1-2-3-9-18-14(15)19-12-7-6-11-17-13-8-4-5-10-16-13/h4-5,8,10H,2-3,6-7,9,11-12H2,1H3,(H,16,17)(H3,15,18,19). The molecule has 1 heterocycles.